The van der Waals surface area contributed by atoms with Gasteiger partial charge in [-0.25, -0.2) is 4.79 Å². The van der Waals surface area contributed by atoms with E-state index >= 15 is 0 Å². The molecule has 5 heteroatoms. The molecule has 0 aliphatic carbocycles. The maximum absolute atomic E-state index is 11.3. The third-order valence-corrected chi connectivity index (χ3v) is 1.90. The molecule has 0 radical (unpaired) electrons. The topological polar surface area (TPSA) is 65.0 Å². The average molecular weight is 246 g/mol. The van der Waals surface area contributed by atoms with Gasteiger partial charge in [-0.05, 0) is 13.3 Å². The molecular formula is C12H22O5. The van der Waals surface area contributed by atoms with Gasteiger partial charge in [0.25, 0.3) is 0 Å². The lowest BCUT2D eigenvalue weighted by Gasteiger charge is -2.06. The summed E-state index contributed by atoms with van der Waals surface area (Å²) < 4.78 is 15.1. The molecule has 0 heterocycles. The van der Waals surface area contributed by atoms with E-state index in [-0.39, 0.29) is 19.2 Å². The normalized spacial score (nSPS) is 11.6. The van der Waals surface area contributed by atoms with E-state index in [1.54, 1.807) is 6.92 Å². The van der Waals surface area contributed by atoms with Crippen molar-refractivity contribution in [2.45, 2.75) is 20.3 Å². The highest BCUT2D eigenvalue weighted by Gasteiger charge is 2.03. The van der Waals surface area contributed by atoms with Crippen LogP contribution in [0.4, 0.5) is 0 Å². The Labute approximate surface area is 102 Å². The van der Waals surface area contributed by atoms with Crippen LogP contribution in [0.25, 0.3) is 0 Å². The number of ether oxygens (including phenoxy) is 3. The molecule has 5 nitrogen and oxygen atoms in total. The van der Waals surface area contributed by atoms with Crippen molar-refractivity contribution >= 4 is 5.97 Å². The fourth-order valence-corrected chi connectivity index (χ4v) is 1.08. The molecule has 100 valence electrons. The van der Waals surface area contributed by atoms with Crippen molar-refractivity contribution in [1.29, 1.82) is 0 Å². The van der Waals surface area contributed by atoms with E-state index in [0.29, 0.717) is 32.0 Å². The Kier molecular flexibility index (Phi) is 11.0. The number of hydrogen-bond acceptors (Lipinski definition) is 5. The lowest BCUT2D eigenvalue weighted by molar-refractivity contribution is -0.140. The minimum absolute atomic E-state index is 0.0145. The zero-order valence-corrected chi connectivity index (χ0v) is 10.6. The Morgan fingerprint density at radius 1 is 1.12 bits per heavy atom. The van der Waals surface area contributed by atoms with E-state index in [9.17, 15) is 4.79 Å². The van der Waals surface area contributed by atoms with Crippen LogP contribution >= 0.6 is 0 Å². The van der Waals surface area contributed by atoms with Crippen LogP contribution in [-0.4, -0.2) is 50.7 Å². The van der Waals surface area contributed by atoms with Gasteiger partial charge in [0.15, 0.2) is 0 Å². The highest BCUT2D eigenvalue weighted by atomic mass is 16.6. The Morgan fingerprint density at radius 2 is 1.71 bits per heavy atom. The molecule has 0 aromatic heterocycles. The summed E-state index contributed by atoms with van der Waals surface area (Å²) in [5.74, 6) is -0.299. The monoisotopic (exact) mass is 246 g/mol. The summed E-state index contributed by atoms with van der Waals surface area (Å²) in [6, 6.07) is 0. The number of rotatable bonds is 10. The first kappa shape index (κ1) is 16.1. The van der Waals surface area contributed by atoms with Gasteiger partial charge in [-0.15, -0.1) is 0 Å². The van der Waals surface area contributed by atoms with Crippen LogP contribution < -0.4 is 0 Å². The number of esters is 1. The maximum atomic E-state index is 11.3. The molecule has 0 aromatic carbocycles. The first-order valence-corrected chi connectivity index (χ1v) is 5.82. The van der Waals surface area contributed by atoms with Gasteiger partial charge in [0.05, 0.1) is 33.0 Å². The van der Waals surface area contributed by atoms with Crippen LogP contribution in [0.15, 0.2) is 11.6 Å². The summed E-state index contributed by atoms with van der Waals surface area (Å²) in [5, 5.41) is 8.44. The van der Waals surface area contributed by atoms with E-state index in [2.05, 4.69) is 0 Å². The van der Waals surface area contributed by atoms with Gasteiger partial charge in [0.1, 0.15) is 6.61 Å². The fraction of sp³-hybridized carbons (Fsp3) is 0.750. The van der Waals surface area contributed by atoms with Crippen molar-refractivity contribution < 1.29 is 24.1 Å². The minimum Gasteiger partial charge on any atom is -0.460 e. The SMILES string of the molecule is CCC=C(C)C(=O)OCCOCCOCCO. The molecule has 0 fully saturated rings. The first-order valence-electron chi connectivity index (χ1n) is 5.82. The first-order chi connectivity index (χ1) is 8.22. The Hall–Kier alpha value is -0.910. The van der Waals surface area contributed by atoms with Crippen LogP contribution in [-0.2, 0) is 19.0 Å². The summed E-state index contributed by atoms with van der Waals surface area (Å²) >= 11 is 0. The Bertz CT molecular complexity index is 225. The molecule has 0 aromatic rings. The van der Waals surface area contributed by atoms with Crippen LogP contribution in [0.3, 0.4) is 0 Å². The molecule has 0 saturated heterocycles. The molecule has 17 heavy (non-hydrogen) atoms. The van der Waals surface area contributed by atoms with Crippen molar-refractivity contribution in [2.75, 3.05) is 39.6 Å². The summed E-state index contributed by atoms with van der Waals surface area (Å²) in [6.45, 7) is 5.49. The number of aliphatic hydroxyl groups is 1. The van der Waals surface area contributed by atoms with E-state index in [1.807, 2.05) is 13.0 Å². The van der Waals surface area contributed by atoms with Gasteiger partial charge in [-0.3, -0.25) is 0 Å². The van der Waals surface area contributed by atoms with Crippen molar-refractivity contribution in [3.05, 3.63) is 11.6 Å². The third-order valence-electron chi connectivity index (χ3n) is 1.90. The zero-order valence-electron chi connectivity index (χ0n) is 10.6. The third kappa shape index (κ3) is 9.99. The smallest absolute Gasteiger partial charge is 0.333 e. The molecule has 0 aliphatic heterocycles. The highest BCUT2D eigenvalue weighted by Crippen LogP contribution is 1.98. The molecule has 0 amide bonds. The van der Waals surface area contributed by atoms with E-state index in [0.717, 1.165) is 6.42 Å². The number of hydrogen-bond donors (Lipinski definition) is 1. The van der Waals surface area contributed by atoms with E-state index in [4.69, 9.17) is 19.3 Å². The number of aliphatic hydroxyl groups excluding tert-OH is 1. The van der Waals surface area contributed by atoms with Crippen LogP contribution in [0.5, 0.6) is 0 Å². The molecule has 0 unspecified atom stereocenters. The zero-order chi connectivity index (χ0) is 12.9. The Morgan fingerprint density at radius 3 is 2.29 bits per heavy atom. The molecule has 0 saturated carbocycles. The van der Waals surface area contributed by atoms with Crippen LogP contribution in [0.2, 0.25) is 0 Å². The lowest BCUT2D eigenvalue weighted by atomic mass is 10.2. The van der Waals surface area contributed by atoms with Gasteiger partial charge < -0.3 is 19.3 Å². The molecule has 0 bridgehead atoms. The lowest BCUT2D eigenvalue weighted by Crippen LogP contribution is -2.14. The molecule has 0 rings (SSSR count). The van der Waals surface area contributed by atoms with Gasteiger partial charge in [0.2, 0.25) is 0 Å². The van der Waals surface area contributed by atoms with Crippen LogP contribution in [0, 0.1) is 0 Å². The molecule has 1 N–H and O–H groups in total. The number of allylic oxidation sites excluding steroid dienone is 1. The second kappa shape index (κ2) is 11.6. The minimum atomic E-state index is -0.299. The predicted molar refractivity (Wildman–Crippen MR) is 63.7 cm³/mol. The van der Waals surface area contributed by atoms with Crippen molar-refractivity contribution in [3.63, 3.8) is 0 Å². The van der Waals surface area contributed by atoms with Crippen molar-refractivity contribution in [1.82, 2.24) is 0 Å². The van der Waals surface area contributed by atoms with E-state index < -0.39 is 0 Å². The second-order valence-electron chi connectivity index (χ2n) is 3.38. The molecular weight excluding hydrogens is 224 g/mol. The second-order valence-corrected chi connectivity index (χ2v) is 3.38. The van der Waals surface area contributed by atoms with Gasteiger partial charge >= 0.3 is 5.97 Å². The van der Waals surface area contributed by atoms with Gasteiger partial charge in [0, 0.05) is 5.57 Å². The predicted octanol–water partition coefficient (Wildman–Crippen LogP) is 0.911. The molecule has 0 atom stereocenters. The summed E-state index contributed by atoms with van der Waals surface area (Å²) in [5.41, 5.74) is 0.624. The largest absolute Gasteiger partial charge is 0.460 e. The summed E-state index contributed by atoms with van der Waals surface area (Å²) in [7, 11) is 0. The van der Waals surface area contributed by atoms with Crippen molar-refractivity contribution in [2.24, 2.45) is 0 Å². The standard InChI is InChI=1S/C12H22O5/c1-3-4-11(2)12(14)17-10-9-16-8-7-15-6-5-13/h4,13H,3,5-10H2,1-2H3. The van der Waals surface area contributed by atoms with E-state index in [1.165, 1.54) is 0 Å². The average Bonchev–Trinajstić information content (AvgIpc) is 2.32. The quantitative estimate of drug-likeness (QED) is 0.352. The molecule has 0 spiro atoms. The van der Waals surface area contributed by atoms with Gasteiger partial charge in [-0.1, -0.05) is 13.0 Å². The number of carbonyl (C=O) groups excluding carboxylic acids is 1. The fourth-order valence-electron chi connectivity index (χ4n) is 1.08. The van der Waals surface area contributed by atoms with Gasteiger partial charge in [-0.2, -0.15) is 0 Å². The summed E-state index contributed by atoms with van der Waals surface area (Å²) in [4.78, 5) is 11.3. The summed E-state index contributed by atoms with van der Waals surface area (Å²) in [6.07, 6.45) is 2.64. The van der Waals surface area contributed by atoms with Crippen molar-refractivity contribution in [3.8, 4) is 0 Å². The highest BCUT2D eigenvalue weighted by molar-refractivity contribution is 5.87. The molecule has 0 aliphatic rings. The Balaban J connectivity index is 3.34. The number of carbonyl (C=O) groups is 1. The maximum Gasteiger partial charge on any atom is 0.333 e. The van der Waals surface area contributed by atoms with Crippen LogP contribution in [0.1, 0.15) is 20.3 Å².